The Hall–Kier alpha value is -4.09. The number of amides is 3. The summed E-state index contributed by atoms with van der Waals surface area (Å²) >= 11 is 0. The largest absolute Gasteiger partial charge is 0.479 e. The molecule has 3 amide bonds. The van der Waals surface area contributed by atoms with Gasteiger partial charge in [0.25, 0.3) is 11.8 Å². The van der Waals surface area contributed by atoms with Crippen LogP contribution in [0.2, 0.25) is 0 Å². The van der Waals surface area contributed by atoms with Crippen LogP contribution in [0.15, 0.2) is 24.4 Å². The van der Waals surface area contributed by atoms with E-state index in [-0.39, 0.29) is 29.6 Å². The van der Waals surface area contributed by atoms with E-state index in [1.807, 2.05) is 13.8 Å². The average Bonchev–Trinajstić information content (AvgIpc) is 3.76. The fraction of sp³-hybridized carbons (Fsp3) is 0.618. The van der Waals surface area contributed by atoms with Gasteiger partial charge in [-0.2, -0.15) is 0 Å². The minimum Gasteiger partial charge on any atom is -0.479 e. The Morgan fingerprint density at radius 2 is 1.80 bits per heavy atom. The van der Waals surface area contributed by atoms with Gasteiger partial charge in [0.05, 0.1) is 5.92 Å². The molecule has 2 aromatic rings. The third kappa shape index (κ3) is 5.82. The normalized spacial score (nSPS) is 32.9. The van der Waals surface area contributed by atoms with Gasteiger partial charge in [-0.25, -0.2) is 9.59 Å². The number of H-pyrrole nitrogens is 1. The standard InChI is InChI=1S/C30H39N5O5.C4H6O6/c1-16(2)11-23-27(37)34-10-6-9-24(34)30(39)35(23)28(38)29(3,40-30)32-26(36)18-12-20-19-7-5-8-21-25(19)17(14-31-21)13-22(20)33(4)15-18;5-1(3(7)8)2(6)4(9)10/h5,7-8,14,16,18,20,22-24,31,39H,6,9-13,15H2,1-4H3,(H,32,36);1-2,5-6H,(H,7,8)(H,9,10)/t18?,20?,22?,23?,24?,29-,30+;/m1./s1. The zero-order valence-corrected chi connectivity index (χ0v) is 28.4. The molecule has 0 radical (unpaired) electrons. The summed E-state index contributed by atoms with van der Waals surface area (Å²) in [6.45, 7) is 6.58. The molecule has 5 heterocycles. The monoisotopic (exact) mass is 699 g/mol. The summed E-state index contributed by atoms with van der Waals surface area (Å²) in [7, 11) is 2.06. The Morgan fingerprint density at radius 1 is 1.12 bits per heavy atom. The van der Waals surface area contributed by atoms with Crippen LogP contribution in [0.3, 0.4) is 0 Å². The minimum atomic E-state index is -2.27. The van der Waals surface area contributed by atoms with E-state index in [1.54, 1.807) is 4.90 Å². The topological polar surface area (TPSA) is 233 Å². The zero-order valence-electron chi connectivity index (χ0n) is 28.4. The predicted molar refractivity (Wildman–Crippen MR) is 174 cm³/mol. The maximum atomic E-state index is 14.0. The molecular weight excluding hydrogens is 654 g/mol. The van der Waals surface area contributed by atoms with Gasteiger partial charge in [0.1, 0.15) is 12.1 Å². The summed E-state index contributed by atoms with van der Waals surface area (Å²) in [6.07, 6.45) is 0.831. The van der Waals surface area contributed by atoms with Crippen molar-refractivity contribution in [1.82, 2.24) is 25.0 Å². The second kappa shape index (κ2) is 12.9. The third-order valence-corrected chi connectivity index (χ3v) is 10.9. The van der Waals surface area contributed by atoms with Crippen LogP contribution in [0.1, 0.15) is 63.5 Å². The quantitative estimate of drug-likeness (QED) is 0.199. The maximum Gasteiger partial charge on any atom is 0.335 e. The summed E-state index contributed by atoms with van der Waals surface area (Å²) in [6, 6.07) is 5.14. The highest BCUT2D eigenvalue weighted by Crippen LogP contribution is 2.47. The number of carbonyl (C=O) groups is 5. The molecule has 1 aromatic carbocycles. The van der Waals surface area contributed by atoms with E-state index in [9.17, 15) is 29.1 Å². The summed E-state index contributed by atoms with van der Waals surface area (Å²) < 4.78 is 6.19. The first-order valence-electron chi connectivity index (χ1n) is 17.0. The lowest BCUT2D eigenvalue weighted by molar-refractivity contribution is -0.315. The van der Waals surface area contributed by atoms with Gasteiger partial charge in [-0.1, -0.05) is 26.0 Å². The average molecular weight is 700 g/mol. The van der Waals surface area contributed by atoms with Crippen molar-refractivity contribution in [2.45, 2.75) is 101 Å². The van der Waals surface area contributed by atoms with Crippen molar-refractivity contribution in [3.8, 4) is 0 Å². The summed E-state index contributed by atoms with van der Waals surface area (Å²) in [5.41, 5.74) is 1.93. The molecule has 50 heavy (non-hydrogen) atoms. The molecule has 0 saturated carbocycles. The summed E-state index contributed by atoms with van der Waals surface area (Å²) in [5, 5.41) is 48.6. The Labute approximate surface area is 288 Å². The van der Waals surface area contributed by atoms with Gasteiger partial charge in [-0.15, -0.1) is 0 Å². The van der Waals surface area contributed by atoms with Crippen LogP contribution in [0.4, 0.5) is 0 Å². The molecule has 7 N–H and O–H groups in total. The number of piperazine rings is 1. The van der Waals surface area contributed by atoms with Crippen LogP contribution in [0, 0.1) is 11.8 Å². The molecule has 4 fully saturated rings. The van der Waals surface area contributed by atoms with Gasteiger partial charge in [0.2, 0.25) is 17.5 Å². The highest BCUT2D eigenvalue weighted by Gasteiger charge is 2.70. The van der Waals surface area contributed by atoms with Crippen LogP contribution in [-0.4, -0.2) is 137 Å². The molecule has 16 nitrogen and oxygen atoms in total. The molecule has 0 spiro atoms. The van der Waals surface area contributed by atoms with E-state index in [4.69, 9.17) is 25.2 Å². The number of benzene rings is 1. The van der Waals surface area contributed by atoms with Crippen LogP contribution in [-0.2, 0) is 35.1 Å². The number of carboxylic acid groups (broad SMARTS) is 2. The van der Waals surface area contributed by atoms with Crippen molar-refractivity contribution < 1.29 is 54.2 Å². The third-order valence-electron chi connectivity index (χ3n) is 10.9. The van der Waals surface area contributed by atoms with E-state index in [1.165, 1.54) is 28.3 Å². The summed E-state index contributed by atoms with van der Waals surface area (Å²) in [5.74, 6) is -6.54. The van der Waals surface area contributed by atoms with Crippen molar-refractivity contribution in [3.63, 3.8) is 0 Å². The molecule has 7 rings (SSSR count). The highest BCUT2D eigenvalue weighted by molar-refractivity contribution is 5.97. The number of nitrogens with zero attached hydrogens (tertiary/aromatic N) is 3. The zero-order chi connectivity index (χ0) is 36.4. The predicted octanol–water partition coefficient (Wildman–Crippen LogP) is -0.238. The highest BCUT2D eigenvalue weighted by atomic mass is 16.7. The lowest BCUT2D eigenvalue weighted by Gasteiger charge is -2.49. The first kappa shape index (κ1) is 35.7. The number of ether oxygens (including phenoxy) is 1. The first-order valence-corrected chi connectivity index (χ1v) is 17.0. The SMILES string of the molecule is CC(C)CC1C(=O)N2CCCC2[C@]2(O)O[C@@](C)(NC(=O)C3CC4c5cccc6[nH]cc(c56)CC4N(C)C3)C(=O)N12.O=C(O)C(O)C(O)C(=O)O. The second-order valence-electron chi connectivity index (χ2n) is 14.7. The number of aromatic nitrogens is 1. The number of nitrogens with one attached hydrogen (secondary N) is 2. The molecule has 9 atom stereocenters. The van der Waals surface area contributed by atoms with Gasteiger partial charge < -0.3 is 45.6 Å². The van der Waals surface area contributed by atoms with Crippen LogP contribution >= 0.6 is 0 Å². The first-order chi connectivity index (χ1) is 23.5. The van der Waals surface area contributed by atoms with Crippen LogP contribution in [0.5, 0.6) is 0 Å². The second-order valence-corrected chi connectivity index (χ2v) is 14.7. The molecule has 1 aromatic heterocycles. The Kier molecular flexibility index (Phi) is 9.22. The molecule has 272 valence electrons. The van der Waals surface area contributed by atoms with E-state index in [0.29, 0.717) is 38.4 Å². The van der Waals surface area contributed by atoms with Crippen molar-refractivity contribution >= 4 is 40.6 Å². The van der Waals surface area contributed by atoms with Gasteiger partial charge in [-0.05, 0) is 69.2 Å². The molecule has 5 aliphatic rings. The Bertz CT molecular complexity index is 1690. The molecule has 7 unspecified atom stereocenters. The van der Waals surface area contributed by atoms with E-state index < -0.39 is 53.8 Å². The number of likely N-dealkylation sites (tertiary alicyclic amines) is 1. The lowest BCUT2D eigenvalue weighted by atomic mass is 9.72. The minimum absolute atomic E-state index is 0.123. The van der Waals surface area contributed by atoms with Gasteiger partial charge in [0.15, 0.2) is 12.2 Å². The van der Waals surface area contributed by atoms with E-state index in [2.05, 4.69) is 46.6 Å². The number of likely N-dealkylation sites (N-methyl/N-ethyl adjacent to an activating group) is 1. The van der Waals surface area contributed by atoms with E-state index >= 15 is 0 Å². The maximum absolute atomic E-state index is 14.0. The number of aromatic amines is 1. The number of aliphatic carboxylic acids is 2. The van der Waals surface area contributed by atoms with Crippen molar-refractivity contribution in [2.75, 3.05) is 20.1 Å². The Balaban J connectivity index is 0.000000379. The molecule has 0 bridgehead atoms. The van der Waals surface area contributed by atoms with Crippen LogP contribution in [0.25, 0.3) is 10.9 Å². The number of hydrogen-bond donors (Lipinski definition) is 7. The molecular formula is C34H45N5O11. The van der Waals surface area contributed by atoms with Gasteiger partial charge in [0, 0.05) is 42.1 Å². The number of rotatable bonds is 7. The number of aliphatic hydroxyl groups excluding tert-OH is 2. The molecule has 1 aliphatic carbocycles. The number of fused-ring (bicyclic) bond motifs is 5. The fourth-order valence-electron chi connectivity index (χ4n) is 8.56. The smallest absolute Gasteiger partial charge is 0.335 e. The number of hydrogen-bond acceptors (Lipinski definition) is 10. The van der Waals surface area contributed by atoms with Crippen molar-refractivity contribution in [2.24, 2.45) is 11.8 Å². The number of aliphatic hydroxyl groups is 3. The summed E-state index contributed by atoms with van der Waals surface area (Å²) in [4.78, 5) is 69.4. The number of piperidine rings is 1. The Morgan fingerprint density at radius 3 is 2.44 bits per heavy atom. The number of carbonyl (C=O) groups excluding carboxylic acids is 3. The molecule has 4 aliphatic heterocycles. The van der Waals surface area contributed by atoms with Crippen molar-refractivity contribution in [1.29, 1.82) is 0 Å². The van der Waals surface area contributed by atoms with Crippen LogP contribution < -0.4 is 5.32 Å². The lowest BCUT2D eigenvalue weighted by Crippen LogP contribution is -2.71. The number of carboxylic acids is 2. The van der Waals surface area contributed by atoms with Crippen molar-refractivity contribution in [3.05, 3.63) is 35.5 Å². The van der Waals surface area contributed by atoms with Gasteiger partial charge >= 0.3 is 11.9 Å². The van der Waals surface area contributed by atoms with Gasteiger partial charge in [-0.3, -0.25) is 24.0 Å². The fourth-order valence-corrected chi connectivity index (χ4v) is 8.56. The molecule has 16 heteroatoms. The molecule has 4 saturated heterocycles. The van der Waals surface area contributed by atoms with E-state index in [0.717, 1.165) is 18.4 Å².